The maximum atomic E-state index is 13.6. The fraction of sp³-hybridized carbons (Fsp3) is 0.280. The largest absolute Gasteiger partial charge is 0.494 e. The van der Waals surface area contributed by atoms with Crippen molar-refractivity contribution >= 4 is 55.0 Å². The summed E-state index contributed by atoms with van der Waals surface area (Å²) in [5, 5.41) is 3.49. The molecule has 3 aromatic carbocycles. The zero-order valence-corrected chi connectivity index (χ0v) is 20.0. The highest BCUT2D eigenvalue weighted by Crippen LogP contribution is 2.39. The van der Waals surface area contributed by atoms with Crippen molar-refractivity contribution in [1.82, 2.24) is 9.88 Å². The van der Waals surface area contributed by atoms with E-state index in [0.29, 0.717) is 34.4 Å². The molecule has 7 heteroatoms. The molecule has 0 aliphatic heterocycles. The van der Waals surface area contributed by atoms with Crippen LogP contribution in [-0.4, -0.2) is 50.1 Å². The first-order valence-corrected chi connectivity index (χ1v) is 11.7. The van der Waals surface area contributed by atoms with E-state index in [1.807, 2.05) is 44.4 Å². The standard InChI is InChI=1S/C25H26ClN3O2S/c1-28(2)14-7-15-29(25-27-23-21(31-3)13-12-20(26)24(23)32-25)22(30)16-18-10-6-9-17-8-4-5-11-19(17)18/h4-6,8-13H,7,14-16H2,1-3H3. The summed E-state index contributed by atoms with van der Waals surface area (Å²) in [7, 11) is 5.68. The van der Waals surface area contributed by atoms with Crippen molar-refractivity contribution in [3.05, 3.63) is 65.2 Å². The molecule has 0 fully saturated rings. The molecule has 0 bridgehead atoms. The Balaban J connectivity index is 1.69. The van der Waals surface area contributed by atoms with Crippen LogP contribution in [0.5, 0.6) is 5.75 Å². The van der Waals surface area contributed by atoms with E-state index in [1.54, 1.807) is 18.1 Å². The Labute approximate surface area is 197 Å². The van der Waals surface area contributed by atoms with Crippen molar-refractivity contribution in [1.29, 1.82) is 0 Å². The first kappa shape index (κ1) is 22.5. The van der Waals surface area contributed by atoms with Crippen molar-refractivity contribution < 1.29 is 9.53 Å². The average molecular weight is 468 g/mol. The smallest absolute Gasteiger partial charge is 0.233 e. The molecule has 0 unspecified atom stereocenters. The van der Waals surface area contributed by atoms with E-state index in [1.165, 1.54) is 11.3 Å². The second kappa shape index (κ2) is 9.86. The molecule has 166 valence electrons. The molecule has 32 heavy (non-hydrogen) atoms. The number of carbonyl (C=O) groups is 1. The Bertz CT molecular complexity index is 1250. The maximum Gasteiger partial charge on any atom is 0.233 e. The number of aromatic nitrogens is 1. The number of benzene rings is 3. The molecule has 1 aromatic heterocycles. The van der Waals surface area contributed by atoms with Gasteiger partial charge < -0.3 is 9.64 Å². The topological polar surface area (TPSA) is 45.7 Å². The molecule has 4 rings (SSSR count). The number of anilines is 1. The van der Waals surface area contributed by atoms with Crippen molar-refractivity contribution in [3.63, 3.8) is 0 Å². The predicted octanol–water partition coefficient (Wildman–Crippen LogP) is 5.64. The number of rotatable bonds is 8. The molecule has 4 aromatic rings. The number of ether oxygens (including phenoxy) is 1. The van der Waals surface area contributed by atoms with Gasteiger partial charge in [-0.15, -0.1) is 0 Å². The number of amides is 1. The third-order valence-electron chi connectivity index (χ3n) is 5.41. The normalized spacial score (nSPS) is 11.4. The van der Waals surface area contributed by atoms with Crippen molar-refractivity contribution in [2.75, 3.05) is 39.2 Å². The van der Waals surface area contributed by atoms with Gasteiger partial charge in [0.05, 0.1) is 23.3 Å². The number of methoxy groups -OCH3 is 1. The van der Waals surface area contributed by atoms with Gasteiger partial charge in [0, 0.05) is 6.54 Å². The molecule has 0 atom stereocenters. The average Bonchev–Trinajstić information content (AvgIpc) is 3.23. The Morgan fingerprint density at radius 1 is 1.06 bits per heavy atom. The van der Waals surface area contributed by atoms with Crippen LogP contribution >= 0.6 is 22.9 Å². The molecule has 5 nitrogen and oxygen atoms in total. The van der Waals surface area contributed by atoms with Crippen molar-refractivity contribution in [2.24, 2.45) is 0 Å². The molecular weight excluding hydrogens is 442 g/mol. The lowest BCUT2D eigenvalue weighted by Crippen LogP contribution is -2.34. The fourth-order valence-electron chi connectivity index (χ4n) is 3.80. The molecule has 0 aliphatic rings. The first-order valence-electron chi connectivity index (χ1n) is 10.5. The zero-order chi connectivity index (χ0) is 22.7. The lowest BCUT2D eigenvalue weighted by molar-refractivity contribution is -0.118. The summed E-state index contributed by atoms with van der Waals surface area (Å²) < 4.78 is 6.30. The van der Waals surface area contributed by atoms with Crippen LogP contribution in [-0.2, 0) is 11.2 Å². The number of nitrogens with zero attached hydrogens (tertiary/aromatic N) is 3. The second-order valence-corrected chi connectivity index (χ2v) is 9.33. The zero-order valence-electron chi connectivity index (χ0n) is 18.5. The van der Waals surface area contributed by atoms with Gasteiger partial charge in [-0.3, -0.25) is 9.69 Å². The summed E-state index contributed by atoms with van der Waals surface area (Å²) in [5.41, 5.74) is 1.71. The second-order valence-electron chi connectivity index (χ2n) is 7.94. The van der Waals surface area contributed by atoms with E-state index >= 15 is 0 Å². The molecule has 0 spiro atoms. The first-order chi connectivity index (χ1) is 15.5. The third-order valence-corrected chi connectivity index (χ3v) is 6.95. The van der Waals surface area contributed by atoms with Crippen LogP contribution in [0.3, 0.4) is 0 Å². The summed E-state index contributed by atoms with van der Waals surface area (Å²) in [6.07, 6.45) is 1.15. The molecule has 0 N–H and O–H groups in total. The number of hydrogen-bond acceptors (Lipinski definition) is 5. The predicted molar refractivity (Wildman–Crippen MR) is 134 cm³/mol. The molecule has 0 saturated heterocycles. The van der Waals surface area contributed by atoms with Gasteiger partial charge in [0.25, 0.3) is 0 Å². The van der Waals surface area contributed by atoms with Crippen LogP contribution < -0.4 is 9.64 Å². The lowest BCUT2D eigenvalue weighted by atomic mass is 10.0. The third kappa shape index (κ3) is 4.72. The minimum absolute atomic E-state index is 0.0225. The highest BCUT2D eigenvalue weighted by Gasteiger charge is 2.22. The van der Waals surface area contributed by atoms with Gasteiger partial charge in [-0.1, -0.05) is 65.4 Å². The van der Waals surface area contributed by atoms with E-state index in [9.17, 15) is 4.79 Å². The highest BCUT2D eigenvalue weighted by atomic mass is 35.5. The van der Waals surface area contributed by atoms with Gasteiger partial charge in [-0.2, -0.15) is 0 Å². The van der Waals surface area contributed by atoms with E-state index in [4.69, 9.17) is 21.3 Å². The van der Waals surface area contributed by atoms with Crippen LogP contribution in [0.2, 0.25) is 5.02 Å². The van der Waals surface area contributed by atoms with Gasteiger partial charge in [-0.05, 0) is 55.5 Å². The Morgan fingerprint density at radius 3 is 2.62 bits per heavy atom. The number of hydrogen-bond donors (Lipinski definition) is 0. The molecule has 0 saturated carbocycles. The number of thiazole rings is 1. The van der Waals surface area contributed by atoms with E-state index in [2.05, 4.69) is 23.1 Å². The van der Waals surface area contributed by atoms with Gasteiger partial charge in [0.1, 0.15) is 11.3 Å². The van der Waals surface area contributed by atoms with Gasteiger partial charge in [-0.25, -0.2) is 4.98 Å². The van der Waals surface area contributed by atoms with Gasteiger partial charge >= 0.3 is 0 Å². The minimum Gasteiger partial charge on any atom is -0.494 e. The number of fused-ring (bicyclic) bond motifs is 2. The van der Waals surface area contributed by atoms with E-state index < -0.39 is 0 Å². The Kier molecular flexibility index (Phi) is 6.94. The molecule has 1 amide bonds. The summed E-state index contributed by atoms with van der Waals surface area (Å²) in [5.74, 6) is 0.677. The van der Waals surface area contributed by atoms with Crippen molar-refractivity contribution in [3.8, 4) is 5.75 Å². The van der Waals surface area contributed by atoms with Gasteiger partial charge in [0.2, 0.25) is 5.91 Å². The van der Waals surface area contributed by atoms with Crippen LogP contribution in [0.15, 0.2) is 54.6 Å². The monoisotopic (exact) mass is 467 g/mol. The van der Waals surface area contributed by atoms with Crippen LogP contribution in [0.1, 0.15) is 12.0 Å². The van der Waals surface area contributed by atoms with Crippen LogP contribution in [0, 0.1) is 0 Å². The highest BCUT2D eigenvalue weighted by molar-refractivity contribution is 7.23. The minimum atomic E-state index is 0.0225. The van der Waals surface area contributed by atoms with Crippen LogP contribution in [0.4, 0.5) is 5.13 Å². The SMILES string of the molecule is COc1ccc(Cl)c2sc(N(CCCN(C)C)C(=O)Cc3cccc4ccccc34)nc12. The summed E-state index contributed by atoms with van der Waals surface area (Å²) in [4.78, 5) is 22.2. The maximum absolute atomic E-state index is 13.6. The summed E-state index contributed by atoms with van der Waals surface area (Å²) in [6.45, 7) is 1.47. The van der Waals surface area contributed by atoms with E-state index in [-0.39, 0.29) is 5.91 Å². The quantitative estimate of drug-likeness (QED) is 0.336. The Hall–Kier alpha value is -2.67. The lowest BCUT2D eigenvalue weighted by Gasteiger charge is -2.21. The molecular formula is C25H26ClN3O2S. The van der Waals surface area contributed by atoms with Crippen molar-refractivity contribution in [2.45, 2.75) is 12.8 Å². The number of halogens is 1. The molecule has 0 radical (unpaired) electrons. The summed E-state index contributed by atoms with van der Waals surface area (Å²) >= 11 is 7.86. The van der Waals surface area contributed by atoms with Crippen LogP contribution in [0.25, 0.3) is 21.0 Å². The molecule has 0 aliphatic carbocycles. The molecule has 1 heterocycles. The Morgan fingerprint density at radius 2 is 1.84 bits per heavy atom. The van der Waals surface area contributed by atoms with E-state index in [0.717, 1.165) is 34.0 Å². The fourth-order valence-corrected chi connectivity index (χ4v) is 5.10. The number of carbonyl (C=O) groups excluding carboxylic acids is 1. The van der Waals surface area contributed by atoms with Gasteiger partial charge in [0.15, 0.2) is 5.13 Å². The summed E-state index contributed by atoms with van der Waals surface area (Å²) in [6, 6.07) is 17.9.